The molecule has 2 atom stereocenters. The molecule has 2 aromatic heterocycles. The number of methoxy groups -OCH3 is 1. The fourth-order valence-corrected chi connectivity index (χ4v) is 6.47. The van der Waals surface area contributed by atoms with Crippen molar-refractivity contribution in [2.45, 2.75) is 77.3 Å². The summed E-state index contributed by atoms with van der Waals surface area (Å²) < 4.78 is 31.0. The van der Waals surface area contributed by atoms with Gasteiger partial charge in [-0.1, -0.05) is 19.6 Å². The van der Waals surface area contributed by atoms with Crippen molar-refractivity contribution >= 4 is 41.4 Å². The second kappa shape index (κ2) is 11.2. The van der Waals surface area contributed by atoms with Gasteiger partial charge in [0.25, 0.3) is 0 Å². The molecule has 2 N–H and O–H groups in total. The lowest BCUT2D eigenvalue weighted by atomic mass is 9.87. The summed E-state index contributed by atoms with van der Waals surface area (Å²) in [6.45, 7) is 17.7. The van der Waals surface area contributed by atoms with E-state index in [4.69, 9.17) is 14.5 Å². The molecule has 2 aromatic carbocycles. The van der Waals surface area contributed by atoms with Crippen molar-refractivity contribution in [2.75, 3.05) is 13.7 Å². The number of hydrogen-bond acceptors (Lipinski definition) is 6. The van der Waals surface area contributed by atoms with Crippen LogP contribution in [-0.4, -0.2) is 45.6 Å². The van der Waals surface area contributed by atoms with Crippen molar-refractivity contribution in [1.29, 1.82) is 5.26 Å². The summed E-state index contributed by atoms with van der Waals surface area (Å²) in [4.78, 5) is 8.46. The number of ether oxygens (including phenoxy) is 2. The third-order valence-electron chi connectivity index (χ3n) is 7.12. The van der Waals surface area contributed by atoms with Gasteiger partial charge in [0.2, 0.25) is 0 Å². The van der Waals surface area contributed by atoms with Gasteiger partial charge in [-0.25, -0.2) is 4.98 Å². The molecule has 0 bridgehead atoms. The maximum Gasteiger partial charge on any atom is 0.147 e. The van der Waals surface area contributed by atoms with Crippen LogP contribution in [0.2, 0.25) is 25.7 Å². The zero-order chi connectivity index (χ0) is 29.5. The molecule has 8 nitrogen and oxygen atoms in total. The smallest absolute Gasteiger partial charge is 0.147 e. The second-order valence-corrected chi connectivity index (χ2v) is 20.3. The van der Waals surface area contributed by atoms with E-state index in [0.29, 0.717) is 23.7 Å². The molecule has 0 fully saturated rings. The van der Waals surface area contributed by atoms with Gasteiger partial charge in [-0.2, -0.15) is 5.26 Å². The number of imidazole rings is 1. The Bertz CT molecular complexity index is 1560. The lowest BCUT2D eigenvalue weighted by Gasteiger charge is -2.36. The summed E-state index contributed by atoms with van der Waals surface area (Å²) in [5, 5.41) is 10.6. The molecule has 4 rings (SSSR count). The van der Waals surface area contributed by atoms with Gasteiger partial charge in [0.05, 0.1) is 29.8 Å². The first-order valence-corrected chi connectivity index (χ1v) is 18.4. The normalized spacial score (nSPS) is 14.8. The minimum atomic E-state index is -1.47. The van der Waals surface area contributed by atoms with Crippen LogP contribution in [0, 0.1) is 18.3 Å². The highest BCUT2D eigenvalue weighted by Crippen LogP contribution is 2.43. The maximum absolute atomic E-state index is 13.8. The van der Waals surface area contributed by atoms with Crippen molar-refractivity contribution < 1.29 is 14.0 Å². The number of hydrogen-bond donors (Lipinski definition) is 2. The van der Waals surface area contributed by atoms with Crippen molar-refractivity contribution in [3.8, 4) is 11.8 Å². The minimum Gasteiger partial charge on any atom is -0.598 e. The fourth-order valence-electron chi connectivity index (χ4n) is 4.84. The first-order chi connectivity index (χ1) is 18.7. The van der Waals surface area contributed by atoms with E-state index >= 15 is 0 Å². The number of aromatic nitrogens is 3. The van der Waals surface area contributed by atoms with E-state index in [0.717, 1.165) is 39.1 Å². The summed E-state index contributed by atoms with van der Waals surface area (Å²) in [5.41, 5.74) is 3.84. The molecule has 4 aromatic rings. The van der Waals surface area contributed by atoms with Crippen LogP contribution in [0.3, 0.4) is 0 Å². The molecule has 0 aliphatic heterocycles. The van der Waals surface area contributed by atoms with Crippen LogP contribution < -0.4 is 9.46 Å². The number of aromatic amines is 1. The fraction of sp³-hybridized carbons (Fsp3) is 0.467. The number of benzene rings is 2. The highest BCUT2D eigenvalue weighted by molar-refractivity contribution is 7.90. The Hall–Kier alpha value is -2.81. The molecule has 2 unspecified atom stereocenters. The number of H-pyrrole nitrogens is 1. The second-order valence-electron chi connectivity index (χ2n) is 12.7. The van der Waals surface area contributed by atoms with E-state index in [1.807, 2.05) is 69.6 Å². The first kappa shape index (κ1) is 30.2. The Balaban J connectivity index is 2.00. The molecule has 40 heavy (non-hydrogen) atoms. The van der Waals surface area contributed by atoms with Crippen molar-refractivity contribution in [2.24, 2.45) is 0 Å². The summed E-state index contributed by atoms with van der Waals surface area (Å²) >= 11 is -1.47. The van der Waals surface area contributed by atoms with Gasteiger partial charge in [-0.05, 0) is 76.6 Å². The molecule has 0 saturated heterocycles. The summed E-state index contributed by atoms with van der Waals surface area (Å²) in [6.07, 6.45) is 1.91. The Morgan fingerprint density at radius 2 is 1.90 bits per heavy atom. The average molecular weight is 580 g/mol. The van der Waals surface area contributed by atoms with Gasteiger partial charge in [0.1, 0.15) is 28.6 Å². The molecule has 0 radical (unpaired) electrons. The zero-order valence-corrected chi connectivity index (χ0v) is 26.9. The SMILES string of the molecule is COc1cc(C)c2[nH]ccc2c1C(C)(N[S+]([O-])C(C)(C)C)c1nc2ccc(C#N)cc2n1COCC[Si](C)(C)C. The average Bonchev–Trinajstić information content (AvgIpc) is 3.50. The molecule has 0 aliphatic carbocycles. The molecule has 0 saturated carbocycles. The number of nitriles is 1. The van der Waals surface area contributed by atoms with Crippen LogP contribution in [0.15, 0.2) is 36.5 Å². The van der Waals surface area contributed by atoms with Crippen molar-refractivity contribution in [3.05, 3.63) is 59.0 Å². The Labute approximate surface area is 241 Å². The Morgan fingerprint density at radius 3 is 2.52 bits per heavy atom. The van der Waals surface area contributed by atoms with Gasteiger partial charge in [-0.15, -0.1) is 4.72 Å². The van der Waals surface area contributed by atoms with E-state index in [2.05, 4.69) is 35.4 Å². The number of nitrogens with zero attached hydrogens (tertiary/aromatic N) is 3. The first-order valence-electron chi connectivity index (χ1n) is 13.5. The highest BCUT2D eigenvalue weighted by Gasteiger charge is 2.45. The quantitative estimate of drug-likeness (QED) is 0.129. The molecule has 2 heterocycles. The summed E-state index contributed by atoms with van der Waals surface area (Å²) in [5.74, 6) is 1.30. The van der Waals surface area contributed by atoms with Crippen LogP contribution in [0.4, 0.5) is 0 Å². The largest absolute Gasteiger partial charge is 0.598 e. The van der Waals surface area contributed by atoms with Crippen molar-refractivity contribution in [3.63, 3.8) is 0 Å². The lowest BCUT2D eigenvalue weighted by molar-refractivity contribution is 0.0856. The Kier molecular flexibility index (Phi) is 8.46. The topological polar surface area (TPSA) is 111 Å². The number of fused-ring (bicyclic) bond motifs is 2. The van der Waals surface area contributed by atoms with E-state index in [1.165, 1.54) is 0 Å². The monoisotopic (exact) mass is 579 g/mol. The van der Waals surface area contributed by atoms with Crippen LogP contribution in [0.1, 0.15) is 50.2 Å². The standard InChI is InChI=1S/C30H41N5O3SSi/c1-20-16-25(37-6)26(22-12-13-32-27(20)22)30(5,34-39(36)29(2,3)4)28-33-23-11-10-21(18-31)17-24(23)35(28)19-38-14-15-40(7,8)9/h10-13,16-17,32,34H,14-15,19H2,1-9H3. The Morgan fingerprint density at radius 1 is 1.18 bits per heavy atom. The van der Waals surface area contributed by atoms with E-state index in [-0.39, 0.29) is 6.73 Å². The van der Waals surface area contributed by atoms with Crippen LogP contribution in [0.25, 0.3) is 21.9 Å². The third-order valence-corrected chi connectivity index (χ3v) is 10.5. The lowest BCUT2D eigenvalue weighted by Crippen LogP contribution is -2.52. The van der Waals surface area contributed by atoms with Crippen LogP contribution >= 0.6 is 0 Å². The van der Waals surface area contributed by atoms with E-state index in [9.17, 15) is 9.81 Å². The summed E-state index contributed by atoms with van der Waals surface area (Å²) in [7, 11) is 0.353. The van der Waals surface area contributed by atoms with Gasteiger partial charge >= 0.3 is 0 Å². The molecular formula is C30H41N5O3SSi. The minimum absolute atomic E-state index is 0.245. The predicted molar refractivity (Wildman–Crippen MR) is 166 cm³/mol. The molecule has 0 aliphatic rings. The summed E-state index contributed by atoms with van der Waals surface area (Å²) in [6, 6.07) is 12.8. The van der Waals surface area contributed by atoms with Crippen molar-refractivity contribution in [1.82, 2.24) is 19.3 Å². The van der Waals surface area contributed by atoms with Gasteiger partial charge in [0.15, 0.2) is 0 Å². The number of rotatable bonds is 10. The van der Waals surface area contributed by atoms with Crippen LogP contribution in [0.5, 0.6) is 5.75 Å². The molecule has 0 amide bonds. The number of aryl methyl sites for hydroxylation is 1. The molecular weight excluding hydrogens is 539 g/mol. The molecule has 0 spiro atoms. The van der Waals surface area contributed by atoms with Crippen LogP contribution in [-0.2, 0) is 28.4 Å². The highest BCUT2D eigenvalue weighted by atomic mass is 32.2. The van der Waals surface area contributed by atoms with Gasteiger partial charge in [0, 0.05) is 48.7 Å². The van der Waals surface area contributed by atoms with Gasteiger partial charge < -0.3 is 23.6 Å². The molecule has 10 heteroatoms. The maximum atomic E-state index is 13.8. The van der Waals surface area contributed by atoms with E-state index < -0.39 is 29.7 Å². The van der Waals surface area contributed by atoms with Gasteiger partial charge in [-0.3, -0.25) is 0 Å². The predicted octanol–water partition coefficient (Wildman–Crippen LogP) is 6.33. The molecule has 214 valence electrons. The third kappa shape index (κ3) is 5.94. The number of nitrogens with one attached hydrogen (secondary N) is 2. The van der Waals surface area contributed by atoms with E-state index in [1.54, 1.807) is 13.2 Å². The zero-order valence-electron chi connectivity index (χ0n) is 25.1.